The molecule has 1 aliphatic rings. The predicted octanol–water partition coefficient (Wildman–Crippen LogP) is 4.98. The third kappa shape index (κ3) is 4.00. The zero-order valence-corrected chi connectivity index (χ0v) is 16.2. The number of anilines is 3. The van der Waals surface area contributed by atoms with Gasteiger partial charge < -0.3 is 15.3 Å². The first kappa shape index (κ1) is 19.1. The van der Waals surface area contributed by atoms with Gasteiger partial charge in [0.1, 0.15) is 11.4 Å². The molecule has 2 aromatic heterocycles. The van der Waals surface area contributed by atoms with Gasteiger partial charge in [0.05, 0.1) is 29.0 Å². The van der Waals surface area contributed by atoms with Crippen molar-refractivity contribution in [2.45, 2.75) is 12.8 Å². The highest BCUT2D eigenvalue weighted by molar-refractivity contribution is 6.30. The van der Waals surface area contributed by atoms with Crippen molar-refractivity contribution in [2.75, 3.05) is 23.3 Å². The SMILES string of the molecule is O=C(O)c1cnccc1Nc1cc(-c2cc(Cl)ccc2F)ncc1N1CCCC1. The lowest BCUT2D eigenvalue weighted by molar-refractivity contribution is 0.0697. The summed E-state index contributed by atoms with van der Waals surface area (Å²) in [5.74, 6) is -1.52. The van der Waals surface area contributed by atoms with Gasteiger partial charge in [0.2, 0.25) is 0 Å². The van der Waals surface area contributed by atoms with Gasteiger partial charge in [-0.25, -0.2) is 9.18 Å². The number of carboxylic acids is 1. The van der Waals surface area contributed by atoms with Crippen molar-refractivity contribution in [1.29, 1.82) is 0 Å². The summed E-state index contributed by atoms with van der Waals surface area (Å²) in [6.07, 6.45) is 6.63. The fourth-order valence-corrected chi connectivity index (χ4v) is 3.59. The van der Waals surface area contributed by atoms with Gasteiger partial charge in [0.15, 0.2) is 0 Å². The van der Waals surface area contributed by atoms with Crippen LogP contribution in [0.1, 0.15) is 23.2 Å². The van der Waals surface area contributed by atoms with Gasteiger partial charge in [0.25, 0.3) is 0 Å². The van der Waals surface area contributed by atoms with E-state index in [0.29, 0.717) is 22.1 Å². The Hall–Kier alpha value is -3.19. The van der Waals surface area contributed by atoms with Crippen molar-refractivity contribution in [3.05, 3.63) is 65.3 Å². The average molecular weight is 413 g/mol. The molecule has 148 valence electrons. The molecule has 8 heteroatoms. The van der Waals surface area contributed by atoms with Crippen LogP contribution in [0.2, 0.25) is 5.02 Å². The summed E-state index contributed by atoms with van der Waals surface area (Å²) in [6, 6.07) is 7.61. The van der Waals surface area contributed by atoms with Gasteiger partial charge in [0, 0.05) is 36.1 Å². The van der Waals surface area contributed by atoms with Gasteiger partial charge in [-0.3, -0.25) is 9.97 Å². The van der Waals surface area contributed by atoms with Crippen molar-refractivity contribution in [3.8, 4) is 11.3 Å². The molecule has 6 nitrogen and oxygen atoms in total. The first-order chi connectivity index (χ1) is 14.0. The monoisotopic (exact) mass is 412 g/mol. The van der Waals surface area contributed by atoms with Crippen molar-refractivity contribution >= 4 is 34.6 Å². The number of carbonyl (C=O) groups is 1. The highest BCUT2D eigenvalue weighted by atomic mass is 35.5. The van der Waals surface area contributed by atoms with E-state index in [-0.39, 0.29) is 11.1 Å². The number of aromatic carboxylic acids is 1. The molecule has 3 heterocycles. The van der Waals surface area contributed by atoms with E-state index in [9.17, 15) is 14.3 Å². The van der Waals surface area contributed by atoms with Crippen LogP contribution in [0.25, 0.3) is 11.3 Å². The number of carboxylic acid groups (broad SMARTS) is 1. The second-order valence-corrected chi connectivity index (χ2v) is 7.19. The van der Waals surface area contributed by atoms with Gasteiger partial charge in [-0.1, -0.05) is 11.6 Å². The molecule has 4 rings (SSSR count). The summed E-state index contributed by atoms with van der Waals surface area (Å²) < 4.78 is 14.4. The molecule has 2 N–H and O–H groups in total. The van der Waals surface area contributed by atoms with E-state index in [1.807, 2.05) is 0 Å². The molecule has 0 spiro atoms. The summed E-state index contributed by atoms with van der Waals surface area (Å²) in [4.78, 5) is 22.1. The van der Waals surface area contributed by atoms with Crippen molar-refractivity contribution < 1.29 is 14.3 Å². The summed E-state index contributed by atoms with van der Waals surface area (Å²) >= 11 is 6.04. The summed E-state index contributed by atoms with van der Waals surface area (Å²) in [7, 11) is 0. The van der Waals surface area contributed by atoms with Crippen LogP contribution in [-0.2, 0) is 0 Å². The molecule has 3 aromatic rings. The molecule has 1 aromatic carbocycles. The Bertz CT molecular complexity index is 1070. The van der Waals surface area contributed by atoms with E-state index in [2.05, 4.69) is 20.2 Å². The Balaban J connectivity index is 1.81. The summed E-state index contributed by atoms with van der Waals surface area (Å²) in [5.41, 5.74) is 2.61. The maximum absolute atomic E-state index is 14.4. The van der Waals surface area contributed by atoms with Crippen LogP contribution in [0.15, 0.2) is 48.9 Å². The Labute approximate surface area is 172 Å². The molecule has 0 aliphatic carbocycles. The van der Waals surface area contributed by atoms with Crippen LogP contribution in [0.3, 0.4) is 0 Å². The van der Waals surface area contributed by atoms with Gasteiger partial charge >= 0.3 is 5.97 Å². The molecule has 0 bridgehead atoms. The fraction of sp³-hybridized carbons (Fsp3) is 0.190. The number of nitrogens with one attached hydrogen (secondary N) is 1. The number of hydrogen-bond acceptors (Lipinski definition) is 5. The molecule has 29 heavy (non-hydrogen) atoms. The van der Waals surface area contributed by atoms with E-state index >= 15 is 0 Å². The van der Waals surface area contributed by atoms with Crippen LogP contribution in [-0.4, -0.2) is 34.1 Å². The molecule has 1 saturated heterocycles. The fourth-order valence-electron chi connectivity index (χ4n) is 3.42. The van der Waals surface area contributed by atoms with Crippen LogP contribution < -0.4 is 10.2 Å². The van der Waals surface area contributed by atoms with Gasteiger partial charge in [-0.15, -0.1) is 0 Å². The van der Waals surface area contributed by atoms with Crippen LogP contribution in [0.5, 0.6) is 0 Å². The van der Waals surface area contributed by atoms with E-state index in [1.54, 1.807) is 18.3 Å². The molecule has 1 aliphatic heterocycles. The number of nitrogens with zero attached hydrogens (tertiary/aromatic N) is 3. The summed E-state index contributed by atoms with van der Waals surface area (Å²) in [6.45, 7) is 1.76. The molecular weight excluding hydrogens is 395 g/mol. The maximum Gasteiger partial charge on any atom is 0.339 e. The second kappa shape index (κ2) is 8.05. The number of benzene rings is 1. The largest absolute Gasteiger partial charge is 0.478 e. The maximum atomic E-state index is 14.4. The minimum atomic E-state index is -1.08. The second-order valence-electron chi connectivity index (χ2n) is 6.76. The zero-order chi connectivity index (χ0) is 20.4. The first-order valence-electron chi connectivity index (χ1n) is 9.17. The van der Waals surface area contributed by atoms with Crippen molar-refractivity contribution in [1.82, 2.24) is 9.97 Å². The molecular formula is C21H18ClFN4O2. The minimum absolute atomic E-state index is 0.0483. The third-order valence-corrected chi connectivity index (χ3v) is 5.09. The average Bonchev–Trinajstić information content (AvgIpc) is 3.24. The molecule has 0 radical (unpaired) electrons. The lowest BCUT2D eigenvalue weighted by atomic mass is 10.1. The van der Waals surface area contributed by atoms with Crippen molar-refractivity contribution in [2.24, 2.45) is 0 Å². The summed E-state index contributed by atoms with van der Waals surface area (Å²) in [5, 5.41) is 13.0. The Morgan fingerprint density at radius 2 is 1.93 bits per heavy atom. The molecule has 0 saturated carbocycles. The molecule has 0 atom stereocenters. The number of hydrogen-bond donors (Lipinski definition) is 2. The minimum Gasteiger partial charge on any atom is -0.478 e. The van der Waals surface area contributed by atoms with E-state index in [0.717, 1.165) is 31.6 Å². The highest BCUT2D eigenvalue weighted by Gasteiger charge is 2.20. The van der Waals surface area contributed by atoms with Gasteiger partial charge in [-0.2, -0.15) is 0 Å². The van der Waals surface area contributed by atoms with E-state index in [1.165, 1.54) is 30.6 Å². The van der Waals surface area contributed by atoms with Crippen LogP contribution >= 0.6 is 11.6 Å². The smallest absolute Gasteiger partial charge is 0.339 e. The van der Waals surface area contributed by atoms with Crippen LogP contribution in [0, 0.1) is 5.82 Å². The zero-order valence-electron chi connectivity index (χ0n) is 15.4. The van der Waals surface area contributed by atoms with Gasteiger partial charge in [-0.05, 0) is 43.2 Å². The van der Waals surface area contributed by atoms with E-state index in [4.69, 9.17) is 11.6 Å². The molecule has 0 unspecified atom stereocenters. The third-order valence-electron chi connectivity index (χ3n) is 4.85. The highest BCUT2D eigenvalue weighted by Crippen LogP contribution is 2.35. The topological polar surface area (TPSA) is 78.3 Å². The Morgan fingerprint density at radius 1 is 1.14 bits per heavy atom. The Morgan fingerprint density at radius 3 is 2.69 bits per heavy atom. The predicted molar refractivity (Wildman–Crippen MR) is 111 cm³/mol. The Kier molecular flexibility index (Phi) is 5.31. The van der Waals surface area contributed by atoms with E-state index < -0.39 is 11.8 Å². The number of pyridine rings is 2. The molecule has 0 amide bonds. The lowest BCUT2D eigenvalue weighted by Crippen LogP contribution is -2.19. The van der Waals surface area contributed by atoms with Crippen molar-refractivity contribution in [3.63, 3.8) is 0 Å². The first-order valence-corrected chi connectivity index (χ1v) is 9.55. The number of halogens is 2. The number of rotatable bonds is 5. The lowest BCUT2D eigenvalue weighted by Gasteiger charge is -2.23. The standard InChI is InChI=1S/C21H18ClFN4O2/c22-13-3-4-16(23)14(9-13)18-10-19(20(12-25-18)27-7-1-2-8-27)26-17-5-6-24-11-15(17)21(28)29/h3-6,9-12H,1-2,7-8H2,(H,28,29)(H,24,25,26). The van der Waals surface area contributed by atoms with Crippen LogP contribution in [0.4, 0.5) is 21.5 Å². The molecule has 1 fully saturated rings. The quantitative estimate of drug-likeness (QED) is 0.615. The normalized spacial score (nSPS) is 13.5. The number of aromatic nitrogens is 2.